The predicted octanol–water partition coefficient (Wildman–Crippen LogP) is 2.56. The number of amides is 1. The van der Waals surface area contributed by atoms with Crippen LogP contribution in [0, 0.1) is 4.77 Å². The van der Waals surface area contributed by atoms with E-state index in [4.69, 9.17) is 23.8 Å². The van der Waals surface area contributed by atoms with Crippen LogP contribution in [0.25, 0.3) is 10.9 Å². The van der Waals surface area contributed by atoms with E-state index in [1.165, 1.54) is 30.5 Å². The third kappa shape index (κ3) is 5.23. The van der Waals surface area contributed by atoms with Gasteiger partial charge in [0.25, 0.3) is 11.5 Å². The van der Waals surface area contributed by atoms with Gasteiger partial charge in [0.15, 0.2) is 4.77 Å². The first-order chi connectivity index (χ1) is 15.0. The number of aromatic nitrogens is 2. The number of H-pyrrole nitrogens is 1. The maximum absolute atomic E-state index is 13.0. The number of rotatable bonds is 7. The molecule has 0 atom stereocenters. The molecule has 1 aromatic heterocycles. The monoisotopic (exact) mass is 457 g/mol. The Balaban J connectivity index is 1.47. The van der Waals surface area contributed by atoms with Gasteiger partial charge in [0, 0.05) is 36.4 Å². The number of halogens is 1. The molecule has 1 amide bonds. The Hall–Kier alpha value is -2.48. The molecule has 0 spiro atoms. The Morgan fingerprint density at radius 1 is 1.16 bits per heavy atom. The van der Waals surface area contributed by atoms with Crippen molar-refractivity contribution in [1.29, 1.82) is 0 Å². The Morgan fingerprint density at radius 2 is 1.90 bits per heavy atom. The SMILES string of the molecule is O=C(NCCC[NH+]1CCCC1)c1ccc2c(=O)n(Cc3ccc(Cl)cc3)c(=S)[nH]c2c1. The molecule has 1 aliphatic rings. The Labute approximate surface area is 190 Å². The number of hydrogen-bond donors (Lipinski definition) is 3. The maximum atomic E-state index is 13.0. The third-order valence-corrected chi connectivity index (χ3v) is 6.38. The van der Waals surface area contributed by atoms with Crippen LogP contribution in [0.1, 0.15) is 35.2 Å². The Bertz CT molecular complexity index is 1200. The topological polar surface area (TPSA) is 71.3 Å². The number of quaternary nitrogens is 1. The van der Waals surface area contributed by atoms with Gasteiger partial charge in [0.05, 0.1) is 37.1 Å². The number of carbonyl (C=O) groups excluding carboxylic acids is 1. The minimum atomic E-state index is -0.186. The van der Waals surface area contributed by atoms with Crippen LogP contribution in [0.5, 0.6) is 0 Å². The largest absolute Gasteiger partial charge is 0.352 e. The van der Waals surface area contributed by atoms with Crippen molar-refractivity contribution >= 4 is 40.6 Å². The molecule has 0 unspecified atom stereocenters. The van der Waals surface area contributed by atoms with Gasteiger partial charge in [-0.25, -0.2) is 0 Å². The van der Waals surface area contributed by atoms with Crippen molar-refractivity contribution < 1.29 is 9.69 Å². The summed E-state index contributed by atoms with van der Waals surface area (Å²) >= 11 is 11.4. The van der Waals surface area contributed by atoms with Gasteiger partial charge >= 0.3 is 0 Å². The molecule has 31 heavy (non-hydrogen) atoms. The van der Waals surface area contributed by atoms with Gasteiger partial charge in [0.1, 0.15) is 0 Å². The summed E-state index contributed by atoms with van der Waals surface area (Å²) in [7, 11) is 0. The summed E-state index contributed by atoms with van der Waals surface area (Å²) in [6.07, 6.45) is 3.58. The molecule has 162 valence electrons. The number of carbonyl (C=O) groups is 1. The van der Waals surface area contributed by atoms with Gasteiger partial charge in [-0.15, -0.1) is 0 Å². The highest BCUT2D eigenvalue weighted by atomic mass is 35.5. The summed E-state index contributed by atoms with van der Waals surface area (Å²) in [5.41, 5.74) is 1.82. The summed E-state index contributed by atoms with van der Waals surface area (Å²) in [5, 5.41) is 4.12. The summed E-state index contributed by atoms with van der Waals surface area (Å²) < 4.78 is 1.83. The van der Waals surface area contributed by atoms with Crippen molar-refractivity contribution in [2.45, 2.75) is 25.8 Å². The lowest BCUT2D eigenvalue weighted by Gasteiger charge is -2.12. The van der Waals surface area contributed by atoms with Crippen molar-refractivity contribution in [3.05, 3.63) is 73.7 Å². The smallest absolute Gasteiger partial charge is 0.262 e. The first kappa shape index (κ1) is 21.7. The van der Waals surface area contributed by atoms with Crippen molar-refractivity contribution in [2.75, 3.05) is 26.2 Å². The van der Waals surface area contributed by atoms with Gasteiger partial charge in [-0.1, -0.05) is 23.7 Å². The average Bonchev–Trinajstić information content (AvgIpc) is 3.28. The van der Waals surface area contributed by atoms with Gasteiger partial charge in [-0.05, 0) is 48.1 Å². The second-order valence-electron chi connectivity index (χ2n) is 8.02. The quantitative estimate of drug-likeness (QED) is 0.377. The normalized spacial score (nSPS) is 14.2. The van der Waals surface area contributed by atoms with E-state index in [0.29, 0.717) is 39.3 Å². The fraction of sp³-hybridized carbons (Fsp3) is 0.348. The van der Waals surface area contributed by atoms with E-state index < -0.39 is 0 Å². The second kappa shape index (κ2) is 9.77. The molecular weight excluding hydrogens is 432 g/mol. The molecule has 2 heterocycles. The predicted molar refractivity (Wildman–Crippen MR) is 126 cm³/mol. The van der Waals surface area contributed by atoms with Crippen LogP contribution in [0.2, 0.25) is 5.02 Å². The number of aromatic amines is 1. The molecule has 3 N–H and O–H groups in total. The Morgan fingerprint density at radius 3 is 2.65 bits per heavy atom. The zero-order valence-corrected chi connectivity index (χ0v) is 18.8. The lowest BCUT2D eigenvalue weighted by atomic mass is 10.1. The van der Waals surface area contributed by atoms with Crippen LogP contribution in [-0.4, -0.2) is 41.6 Å². The molecule has 4 rings (SSSR count). The summed E-state index contributed by atoms with van der Waals surface area (Å²) in [6.45, 7) is 4.58. The second-order valence-corrected chi connectivity index (χ2v) is 8.85. The molecule has 0 radical (unpaired) electrons. The molecule has 1 aliphatic heterocycles. The molecule has 1 fully saturated rings. The minimum absolute atomic E-state index is 0.136. The van der Waals surface area contributed by atoms with E-state index in [1.807, 2.05) is 12.1 Å². The van der Waals surface area contributed by atoms with Crippen molar-refractivity contribution in [3.8, 4) is 0 Å². The molecule has 2 aromatic carbocycles. The molecule has 0 bridgehead atoms. The van der Waals surface area contributed by atoms with Crippen molar-refractivity contribution in [2.24, 2.45) is 0 Å². The third-order valence-electron chi connectivity index (χ3n) is 5.80. The lowest BCUT2D eigenvalue weighted by molar-refractivity contribution is -0.887. The lowest BCUT2D eigenvalue weighted by Crippen LogP contribution is -3.10. The van der Waals surface area contributed by atoms with E-state index in [9.17, 15) is 9.59 Å². The number of fused-ring (bicyclic) bond motifs is 1. The summed E-state index contributed by atoms with van der Waals surface area (Å²) in [5.74, 6) is -0.136. The molecule has 6 nitrogen and oxygen atoms in total. The molecule has 8 heteroatoms. The molecule has 3 aromatic rings. The number of likely N-dealkylation sites (tertiary alicyclic amines) is 1. The number of benzene rings is 2. The van der Waals surface area contributed by atoms with E-state index in [2.05, 4.69) is 10.3 Å². The summed E-state index contributed by atoms with van der Waals surface area (Å²) in [6, 6.07) is 12.4. The van der Waals surface area contributed by atoms with Crippen LogP contribution < -0.4 is 15.8 Å². The molecular formula is C23H26ClN4O2S+. The minimum Gasteiger partial charge on any atom is -0.352 e. The molecule has 1 saturated heterocycles. The van der Waals surface area contributed by atoms with Gasteiger partial charge in [-0.2, -0.15) is 0 Å². The zero-order valence-electron chi connectivity index (χ0n) is 17.2. The highest BCUT2D eigenvalue weighted by molar-refractivity contribution is 7.71. The van der Waals surface area contributed by atoms with Gasteiger partial charge in [0.2, 0.25) is 0 Å². The molecule has 0 saturated carbocycles. The van der Waals surface area contributed by atoms with E-state index in [0.717, 1.165) is 18.5 Å². The fourth-order valence-corrected chi connectivity index (χ4v) is 4.46. The Kier molecular flexibility index (Phi) is 6.85. The van der Waals surface area contributed by atoms with Crippen LogP contribution in [0.15, 0.2) is 47.3 Å². The van der Waals surface area contributed by atoms with Gasteiger partial charge < -0.3 is 15.2 Å². The van der Waals surface area contributed by atoms with Crippen molar-refractivity contribution in [1.82, 2.24) is 14.9 Å². The summed E-state index contributed by atoms with van der Waals surface area (Å²) in [4.78, 5) is 30.2. The fourth-order valence-electron chi connectivity index (χ4n) is 4.08. The molecule has 0 aliphatic carbocycles. The highest BCUT2D eigenvalue weighted by Gasteiger charge is 2.15. The van der Waals surface area contributed by atoms with Gasteiger partial charge in [-0.3, -0.25) is 14.2 Å². The average molecular weight is 458 g/mol. The highest BCUT2D eigenvalue weighted by Crippen LogP contribution is 2.13. The van der Waals surface area contributed by atoms with Crippen LogP contribution in [-0.2, 0) is 6.54 Å². The number of nitrogens with zero attached hydrogens (tertiary/aromatic N) is 1. The van der Waals surface area contributed by atoms with E-state index >= 15 is 0 Å². The first-order valence-electron chi connectivity index (χ1n) is 10.6. The number of hydrogen-bond acceptors (Lipinski definition) is 3. The van der Waals surface area contributed by atoms with E-state index in [1.54, 1.807) is 35.2 Å². The standard InChI is InChI=1S/C23H25ClN4O2S/c24-18-7-4-16(5-8-18)15-28-22(30)19-9-6-17(14-20(19)26-23(28)31)21(29)25-10-3-13-27-11-1-2-12-27/h4-9,14H,1-3,10-13,15H2,(H,25,29)(H,26,31)/p+1. The van der Waals surface area contributed by atoms with Crippen LogP contribution in [0.3, 0.4) is 0 Å². The van der Waals surface area contributed by atoms with Crippen molar-refractivity contribution in [3.63, 3.8) is 0 Å². The number of nitrogens with one attached hydrogen (secondary N) is 3. The van der Waals surface area contributed by atoms with Crippen LogP contribution >= 0.6 is 23.8 Å². The zero-order chi connectivity index (χ0) is 21.8. The van der Waals surface area contributed by atoms with E-state index in [-0.39, 0.29) is 11.5 Å². The first-order valence-corrected chi connectivity index (χ1v) is 11.4. The maximum Gasteiger partial charge on any atom is 0.262 e. The van der Waals surface area contributed by atoms with Crippen LogP contribution in [0.4, 0.5) is 0 Å².